The molecule has 1 aromatic carbocycles. The standard InChI is InChI=1S/C33H45FN4O8/c1-31(2,3)25(36-30(42)46-32(4,5)6)28(40)38-18-22(45-27-23-10-9-21(43-7)15-19(23)12-14-35-27)16-24(38)26(39)37-33(29(41)44-8)17-20(33)11-13-34/h9-10,12,14-15,20,22,24-25H,11,13,16-18H2,1-8H3,(H,36,42)(H,37,39). The van der Waals surface area contributed by atoms with Crippen molar-refractivity contribution in [2.75, 3.05) is 27.4 Å². The number of carbonyl (C=O) groups is 4. The van der Waals surface area contributed by atoms with E-state index in [1.165, 1.54) is 12.0 Å². The van der Waals surface area contributed by atoms with Crippen LogP contribution < -0.4 is 20.1 Å². The Labute approximate surface area is 268 Å². The maximum Gasteiger partial charge on any atom is 0.408 e. The van der Waals surface area contributed by atoms with Gasteiger partial charge in [0.2, 0.25) is 17.7 Å². The number of nitrogens with zero attached hydrogens (tertiary/aromatic N) is 2. The van der Waals surface area contributed by atoms with Crippen LogP contribution in [-0.4, -0.2) is 90.5 Å². The molecule has 12 nitrogen and oxygen atoms in total. The van der Waals surface area contributed by atoms with E-state index in [2.05, 4.69) is 15.6 Å². The number of nitrogens with one attached hydrogen (secondary N) is 2. The maximum atomic E-state index is 14.3. The zero-order valence-corrected chi connectivity index (χ0v) is 27.8. The van der Waals surface area contributed by atoms with Gasteiger partial charge in [-0.05, 0) is 74.6 Å². The zero-order valence-electron chi connectivity index (χ0n) is 27.8. The van der Waals surface area contributed by atoms with Crippen molar-refractivity contribution in [3.05, 3.63) is 30.5 Å². The van der Waals surface area contributed by atoms with Crippen molar-refractivity contribution in [1.29, 1.82) is 0 Å². The number of pyridine rings is 1. The number of likely N-dealkylation sites (tertiary alicyclic amines) is 1. The third-order valence-corrected chi connectivity index (χ3v) is 8.29. The second kappa shape index (κ2) is 13.3. The fourth-order valence-corrected chi connectivity index (χ4v) is 5.87. The van der Waals surface area contributed by atoms with Crippen LogP contribution in [0.3, 0.4) is 0 Å². The number of alkyl carbamates (subject to hydrolysis) is 1. The van der Waals surface area contributed by atoms with Crippen LogP contribution in [0.5, 0.6) is 11.6 Å². The predicted octanol–water partition coefficient (Wildman–Crippen LogP) is 3.94. The molecule has 0 spiro atoms. The highest BCUT2D eigenvalue weighted by Crippen LogP contribution is 2.47. The minimum Gasteiger partial charge on any atom is -0.497 e. The van der Waals surface area contributed by atoms with Gasteiger partial charge < -0.3 is 34.5 Å². The molecule has 3 amide bonds. The summed E-state index contributed by atoms with van der Waals surface area (Å²) in [5, 5.41) is 7.02. The number of hydrogen-bond donors (Lipinski definition) is 2. The van der Waals surface area contributed by atoms with Crippen molar-refractivity contribution in [3.63, 3.8) is 0 Å². The summed E-state index contributed by atoms with van der Waals surface area (Å²) in [6.45, 7) is 9.85. The molecule has 1 saturated carbocycles. The smallest absolute Gasteiger partial charge is 0.408 e. The van der Waals surface area contributed by atoms with Crippen LogP contribution in [0.25, 0.3) is 10.8 Å². The molecular weight excluding hydrogens is 599 g/mol. The number of hydrogen-bond acceptors (Lipinski definition) is 9. The number of ether oxygens (including phenoxy) is 4. The number of halogens is 1. The summed E-state index contributed by atoms with van der Waals surface area (Å²) in [4.78, 5) is 59.6. The molecule has 13 heteroatoms. The van der Waals surface area contributed by atoms with Crippen LogP contribution in [0, 0.1) is 11.3 Å². The fraction of sp³-hybridized carbons (Fsp3) is 0.606. The number of aromatic nitrogens is 1. The number of esters is 1. The predicted molar refractivity (Wildman–Crippen MR) is 167 cm³/mol. The molecule has 2 fully saturated rings. The van der Waals surface area contributed by atoms with Crippen LogP contribution in [0.4, 0.5) is 9.18 Å². The molecule has 1 aliphatic heterocycles. The van der Waals surface area contributed by atoms with Crippen LogP contribution in [0.2, 0.25) is 0 Å². The van der Waals surface area contributed by atoms with E-state index in [1.54, 1.807) is 60.9 Å². The number of alkyl halides is 1. The highest BCUT2D eigenvalue weighted by molar-refractivity contribution is 5.96. The van der Waals surface area contributed by atoms with Crippen molar-refractivity contribution in [3.8, 4) is 11.6 Å². The Kier molecular flexibility index (Phi) is 10.0. The van der Waals surface area contributed by atoms with Gasteiger partial charge in [-0.15, -0.1) is 0 Å². The van der Waals surface area contributed by atoms with Gasteiger partial charge in [0.05, 0.1) is 27.4 Å². The summed E-state index contributed by atoms with van der Waals surface area (Å²) in [5.41, 5.74) is -2.96. The minimum atomic E-state index is -1.37. The van der Waals surface area contributed by atoms with E-state index < -0.39 is 71.2 Å². The number of fused-ring (bicyclic) bond motifs is 1. The molecule has 2 N–H and O–H groups in total. The Morgan fingerprint density at radius 3 is 2.43 bits per heavy atom. The highest BCUT2D eigenvalue weighted by atomic mass is 19.1. The normalized spacial score (nSPS) is 23.3. The quantitative estimate of drug-likeness (QED) is 0.368. The van der Waals surface area contributed by atoms with Crippen LogP contribution in [-0.2, 0) is 23.9 Å². The molecule has 5 atom stereocenters. The fourth-order valence-electron chi connectivity index (χ4n) is 5.87. The Morgan fingerprint density at radius 2 is 1.83 bits per heavy atom. The molecular formula is C33H45FN4O8. The van der Waals surface area contributed by atoms with E-state index in [4.69, 9.17) is 18.9 Å². The van der Waals surface area contributed by atoms with E-state index in [-0.39, 0.29) is 25.8 Å². The lowest BCUT2D eigenvalue weighted by molar-refractivity contribution is -0.148. The first-order valence-electron chi connectivity index (χ1n) is 15.4. The van der Waals surface area contributed by atoms with Crippen LogP contribution >= 0.6 is 0 Å². The lowest BCUT2D eigenvalue weighted by atomic mass is 9.85. The summed E-state index contributed by atoms with van der Waals surface area (Å²) in [6.07, 6.45) is 0.526. The Bertz CT molecular complexity index is 1470. The molecule has 46 heavy (non-hydrogen) atoms. The van der Waals surface area contributed by atoms with Crippen molar-refractivity contribution >= 4 is 34.6 Å². The van der Waals surface area contributed by atoms with Gasteiger partial charge in [-0.2, -0.15) is 0 Å². The molecule has 2 heterocycles. The van der Waals surface area contributed by atoms with Gasteiger partial charge in [-0.25, -0.2) is 14.6 Å². The summed E-state index contributed by atoms with van der Waals surface area (Å²) in [5.74, 6) is -1.25. The average Bonchev–Trinajstić information content (AvgIpc) is 3.49. The first-order chi connectivity index (χ1) is 21.5. The second-order valence-electron chi connectivity index (χ2n) is 14.0. The molecule has 0 bridgehead atoms. The lowest BCUT2D eigenvalue weighted by Crippen LogP contribution is -2.59. The Hall–Kier alpha value is -4.16. The number of amides is 3. The summed E-state index contributed by atoms with van der Waals surface area (Å²) in [6, 6.07) is 5.11. The molecule has 0 radical (unpaired) electrons. The monoisotopic (exact) mass is 644 g/mol. The molecule has 4 rings (SSSR count). The summed E-state index contributed by atoms with van der Waals surface area (Å²) in [7, 11) is 2.78. The van der Waals surface area contributed by atoms with Crippen molar-refractivity contribution in [1.82, 2.24) is 20.5 Å². The molecule has 252 valence electrons. The van der Waals surface area contributed by atoms with E-state index in [1.807, 2.05) is 18.2 Å². The first-order valence-corrected chi connectivity index (χ1v) is 15.4. The number of benzene rings is 1. The van der Waals surface area contributed by atoms with Gasteiger partial charge in [0.25, 0.3) is 0 Å². The molecule has 5 unspecified atom stereocenters. The van der Waals surface area contributed by atoms with Crippen LogP contribution in [0.15, 0.2) is 30.5 Å². The van der Waals surface area contributed by atoms with Crippen molar-refractivity contribution in [2.45, 2.75) is 90.1 Å². The van der Waals surface area contributed by atoms with E-state index in [9.17, 15) is 23.6 Å². The zero-order chi connectivity index (χ0) is 34.0. The van der Waals surface area contributed by atoms with Gasteiger partial charge in [-0.1, -0.05) is 20.8 Å². The average molecular weight is 645 g/mol. The highest BCUT2D eigenvalue weighted by Gasteiger charge is 2.62. The summed E-state index contributed by atoms with van der Waals surface area (Å²) >= 11 is 0. The van der Waals surface area contributed by atoms with Crippen molar-refractivity contribution < 1.29 is 42.5 Å². The van der Waals surface area contributed by atoms with Crippen LogP contribution in [0.1, 0.15) is 60.8 Å². The minimum absolute atomic E-state index is 0.00709. The Morgan fingerprint density at radius 1 is 1.11 bits per heavy atom. The third-order valence-electron chi connectivity index (χ3n) is 8.29. The van der Waals surface area contributed by atoms with Gasteiger partial charge >= 0.3 is 12.1 Å². The molecule has 2 aliphatic rings. The molecule has 2 aromatic rings. The second-order valence-corrected chi connectivity index (χ2v) is 14.0. The van der Waals surface area contributed by atoms with E-state index in [0.717, 1.165) is 5.39 Å². The van der Waals surface area contributed by atoms with Gasteiger partial charge in [0.15, 0.2) is 0 Å². The number of methoxy groups -OCH3 is 2. The van der Waals surface area contributed by atoms with E-state index >= 15 is 0 Å². The van der Waals surface area contributed by atoms with Gasteiger partial charge in [0.1, 0.15) is 35.1 Å². The molecule has 1 aromatic heterocycles. The lowest BCUT2D eigenvalue weighted by Gasteiger charge is -2.36. The van der Waals surface area contributed by atoms with Gasteiger partial charge in [0, 0.05) is 18.0 Å². The van der Waals surface area contributed by atoms with Crippen molar-refractivity contribution in [2.24, 2.45) is 11.3 Å². The Balaban J connectivity index is 1.65. The number of rotatable bonds is 10. The topological polar surface area (TPSA) is 145 Å². The summed E-state index contributed by atoms with van der Waals surface area (Å²) < 4.78 is 35.3. The van der Waals surface area contributed by atoms with Gasteiger partial charge in [-0.3, -0.25) is 14.0 Å². The SMILES string of the molecule is COC(=O)C1(NC(=O)C2CC(Oc3nccc4cc(OC)ccc34)CN2C(=O)C(NC(=O)OC(C)(C)C)C(C)(C)C)CC1CCF. The third kappa shape index (κ3) is 7.61. The molecule has 1 aliphatic carbocycles. The maximum absolute atomic E-state index is 14.3. The largest absolute Gasteiger partial charge is 0.497 e. The number of carbonyl (C=O) groups excluding carboxylic acids is 4. The first kappa shape index (κ1) is 34.7. The van der Waals surface area contributed by atoms with E-state index in [0.29, 0.717) is 17.0 Å². The molecule has 1 saturated heterocycles.